The molecule has 0 aliphatic carbocycles. The molecule has 112 valence electrons. The van der Waals surface area contributed by atoms with Gasteiger partial charge in [0.2, 0.25) is 5.28 Å². The molecule has 0 fully saturated rings. The zero-order valence-electron chi connectivity index (χ0n) is 11.0. The van der Waals surface area contributed by atoms with Gasteiger partial charge in [0.1, 0.15) is 0 Å². The number of halogens is 2. The lowest BCUT2D eigenvalue weighted by Crippen LogP contribution is -2.10. The third-order valence-electron chi connectivity index (χ3n) is 2.97. The summed E-state index contributed by atoms with van der Waals surface area (Å²) < 4.78 is 26.1. The van der Waals surface area contributed by atoms with Crippen molar-refractivity contribution in [1.82, 2.24) is 13.9 Å². The van der Waals surface area contributed by atoms with Gasteiger partial charge in [0.05, 0.1) is 21.8 Å². The van der Waals surface area contributed by atoms with E-state index in [0.717, 1.165) is 3.97 Å². The fourth-order valence-corrected chi connectivity index (χ4v) is 3.48. The third kappa shape index (κ3) is 2.72. The molecule has 0 amide bonds. The van der Waals surface area contributed by atoms with Crippen molar-refractivity contribution in [3.8, 4) is 11.3 Å². The van der Waals surface area contributed by atoms with E-state index in [1.54, 1.807) is 24.3 Å². The summed E-state index contributed by atoms with van der Waals surface area (Å²) in [5.74, 6) is 0. The van der Waals surface area contributed by atoms with E-state index in [1.807, 2.05) is 0 Å². The minimum atomic E-state index is -3.65. The van der Waals surface area contributed by atoms with Gasteiger partial charge in [-0.15, -0.1) is 0 Å². The van der Waals surface area contributed by atoms with Crippen molar-refractivity contribution in [2.45, 2.75) is 4.90 Å². The van der Waals surface area contributed by atoms with E-state index in [1.165, 1.54) is 30.7 Å². The zero-order chi connectivity index (χ0) is 15.7. The molecule has 0 N–H and O–H groups in total. The first-order chi connectivity index (χ1) is 10.5. The second kappa shape index (κ2) is 5.72. The van der Waals surface area contributed by atoms with E-state index in [2.05, 4.69) is 9.97 Å². The molecule has 22 heavy (non-hydrogen) atoms. The molecule has 0 spiro atoms. The SMILES string of the molecule is O=S(=O)(c1ccccc1)n1ccc(-c2nc(Cl)ncc2Cl)c1. The average Bonchev–Trinajstić information content (AvgIpc) is 3.01. The summed E-state index contributed by atoms with van der Waals surface area (Å²) in [7, 11) is -3.65. The van der Waals surface area contributed by atoms with Gasteiger partial charge in [-0.1, -0.05) is 29.8 Å². The number of aromatic nitrogens is 3. The largest absolute Gasteiger partial charge is 0.267 e. The van der Waals surface area contributed by atoms with Gasteiger partial charge in [-0.2, -0.15) is 0 Å². The summed E-state index contributed by atoms with van der Waals surface area (Å²) in [4.78, 5) is 7.99. The van der Waals surface area contributed by atoms with Gasteiger partial charge in [0.25, 0.3) is 10.0 Å². The zero-order valence-corrected chi connectivity index (χ0v) is 13.3. The Morgan fingerprint density at radius 3 is 2.50 bits per heavy atom. The lowest BCUT2D eigenvalue weighted by molar-refractivity contribution is 0.587. The number of benzene rings is 1. The van der Waals surface area contributed by atoms with Gasteiger partial charge < -0.3 is 0 Å². The second-order valence-electron chi connectivity index (χ2n) is 4.38. The Morgan fingerprint density at radius 2 is 1.77 bits per heavy atom. The Kier molecular flexibility index (Phi) is 3.90. The first-order valence-electron chi connectivity index (χ1n) is 6.15. The molecule has 0 atom stereocenters. The molecule has 0 radical (unpaired) electrons. The molecule has 0 bridgehead atoms. The van der Waals surface area contributed by atoms with E-state index in [9.17, 15) is 8.42 Å². The molecular formula is C14H9Cl2N3O2S. The Labute approximate surface area is 137 Å². The summed E-state index contributed by atoms with van der Waals surface area (Å²) in [5, 5.41) is 0.331. The Bertz CT molecular complexity index is 924. The molecule has 3 aromatic rings. The Balaban J connectivity index is 2.06. The van der Waals surface area contributed by atoms with Crippen LogP contribution in [0.5, 0.6) is 0 Å². The third-order valence-corrected chi connectivity index (χ3v) is 5.08. The van der Waals surface area contributed by atoms with Crippen LogP contribution in [0.1, 0.15) is 0 Å². The number of nitrogens with zero attached hydrogens (tertiary/aromatic N) is 3. The maximum Gasteiger partial charge on any atom is 0.267 e. The van der Waals surface area contributed by atoms with Gasteiger partial charge in [0, 0.05) is 18.0 Å². The van der Waals surface area contributed by atoms with Crippen molar-refractivity contribution in [1.29, 1.82) is 0 Å². The normalized spacial score (nSPS) is 11.5. The molecule has 0 aliphatic rings. The summed E-state index contributed by atoms with van der Waals surface area (Å²) in [6, 6.07) is 9.75. The van der Waals surface area contributed by atoms with Crippen LogP contribution in [0.25, 0.3) is 11.3 Å². The van der Waals surface area contributed by atoms with Gasteiger partial charge in [-0.05, 0) is 29.8 Å². The molecule has 1 aromatic carbocycles. The predicted molar refractivity (Wildman–Crippen MR) is 84.5 cm³/mol. The van der Waals surface area contributed by atoms with Crippen LogP contribution in [0.15, 0.2) is 59.9 Å². The fraction of sp³-hybridized carbons (Fsp3) is 0. The van der Waals surface area contributed by atoms with Crippen LogP contribution in [-0.4, -0.2) is 22.4 Å². The molecule has 0 aliphatic heterocycles. The Hall–Kier alpha value is -1.89. The molecule has 0 unspecified atom stereocenters. The highest BCUT2D eigenvalue weighted by molar-refractivity contribution is 7.90. The maximum atomic E-state index is 12.5. The molecule has 5 nitrogen and oxygen atoms in total. The van der Waals surface area contributed by atoms with E-state index < -0.39 is 10.0 Å². The minimum absolute atomic E-state index is 0.0399. The first-order valence-corrected chi connectivity index (χ1v) is 8.35. The lowest BCUT2D eigenvalue weighted by atomic mass is 10.2. The maximum absolute atomic E-state index is 12.5. The quantitative estimate of drug-likeness (QED) is 0.676. The standard InChI is InChI=1S/C14H9Cl2N3O2S/c15-12-8-17-14(16)18-13(12)10-6-7-19(9-10)22(20,21)11-4-2-1-3-5-11/h1-9H. The summed E-state index contributed by atoms with van der Waals surface area (Å²) in [5.41, 5.74) is 0.914. The van der Waals surface area contributed by atoms with Crippen molar-refractivity contribution in [2.24, 2.45) is 0 Å². The van der Waals surface area contributed by atoms with Crippen molar-refractivity contribution in [3.05, 3.63) is 65.3 Å². The fourth-order valence-electron chi connectivity index (χ4n) is 1.93. The summed E-state index contributed by atoms with van der Waals surface area (Å²) in [6.07, 6.45) is 4.24. The van der Waals surface area contributed by atoms with Crippen LogP contribution >= 0.6 is 23.2 Å². The monoisotopic (exact) mass is 353 g/mol. The van der Waals surface area contributed by atoms with Crippen molar-refractivity contribution >= 4 is 33.2 Å². The van der Waals surface area contributed by atoms with Crippen LogP contribution < -0.4 is 0 Å². The highest BCUT2D eigenvalue weighted by Crippen LogP contribution is 2.27. The van der Waals surface area contributed by atoms with E-state index in [0.29, 0.717) is 16.3 Å². The van der Waals surface area contributed by atoms with Crippen LogP contribution in [0, 0.1) is 0 Å². The van der Waals surface area contributed by atoms with Gasteiger partial charge in [0.15, 0.2) is 0 Å². The molecule has 3 rings (SSSR count). The summed E-state index contributed by atoms with van der Waals surface area (Å²) in [6.45, 7) is 0. The van der Waals surface area contributed by atoms with E-state index in [-0.39, 0.29) is 10.2 Å². The topological polar surface area (TPSA) is 64.8 Å². The molecule has 8 heteroatoms. The molecule has 0 saturated heterocycles. The van der Waals surface area contributed by atoms with Crippen molar-refractivity contribution < 1.29 is 8.42 Å². The minimum Gasteiger partial charge on any atom is -0.248 e. The smallest absolute Gasteiger partial charge is 0.248 e. The average molecular weight is 354 g/mol. The molecule has 0 saturated carbocycles. The number of hydrogen-bond acceptors (Lipinski definition) is 4. The highest BCUT2D eigenvalue weighted by atomic mass is 35.5. The highest BCUT2D eigenvalue weighted by Gasteiger charge is 2.17. The molecule has 2 aromatic heterocycles. The Morgan fingerprint density at radius 1 is 1.05 bits per heavy atom. The van der Waals surface area contributed by atoms with Gasteiger partial charge in [-0.3, -0.25) is 0 Å². The number of hydrogen-bond donors (Lipinski definition) is 0. The van der Waals surface area contributed by atoms with Crippen LogP contribution in [0.4, 0.5) is 0 Å². The summed E-state index contributed by atoms with van der Waals surface area (Å²) >= 11 is 11.8. The van der Waals surface area contributed by atoms with Crippen LogP contribution in [-0.2, 0) is 10.0 Å². The lowest BCUT2D eigenvalue weighted by Gasteiger charge is -2.05. The van der Waals surface area contributed by atoms with Gasteiger partial charge in [-0.25, -0.2) is 22.4 Å². The van der Waals surface area contributed by atoms with Crippen molar-refractivity contribution in [3.63, 3.8) is 0 Å². The van der Waals surface area contributed by atoms with Crippen molar-refractivity contribution in [2.75, 3.05) is 0 Å². The van der Waals surface area contributed by atoms with E-state index in [4.69, 9.17) is 23.2 Å². The second-order valence-corrected chi connectivity index (χ2v) is 6.97. The predicted octanol–water partition coefficient (Wildman–Crippen LogP) is 3.49. The molecular weight excluding hydrogens is 345 g/mol. The van der Waals surface area contributed by atoms with Crippen LogP contribution in [0.2, 0.25) is 10.3 Å². The molecule has 2 heterocycles. The van der Waals surface area contributed by atoms with Crippen LogP contribution in [0.3, 0.4) is 0 Å². The van der Waals surface area contributed by atoms with Gasteiger partial charge >= 0.3 is 0 Å². The first kappa shape index (κ1) is 15.0. The van der Waals surface area contributed by atoms with E-state index >= 15 is 0 Å². The number of rotatable bonds is 3.